The van der Waals surface area contributed by atoms with Gasteiger partial charge in [-0.25, -0.2) is 0 Å². The minimum atomic E-state index is -4.44. The van der Waals surface area contributed by atoms with Crippen molar-refractivity contribution in [3.8, 4) is 0 Å². The first-order valence-electron chi connectivity index (χ1n) is 7.34. The van der Waals surface area contributed by atoms with Crippen molar-refractivity contribution >= 4 is 17.7 Å². The Kier molecular flexibility index (Phi) is 6.36. The summed E-state index contributed by atoms with van der Waals surface area (Å²) in [4.78, 5) is 12.9. The summed E-state index contributed by atoms with van der Waals surface area (Å²) in [6.45, 7) is 0.512. The van der Waals surface area contributed by atoms with E-state index in [9.17, 15) is 18.0 Å². The fourth-order valence-electron chi connectivity index (χ4n) is 2.07. The van der Waals surface area contributed by atoms with Gasteiger partial charge >= 0.3 is 6.18 Å². The van der Waals surface area contributed by atoms with Gasteiger partial charge in [0.2, 0.25) is 5.91 Å². The van der Waals surface area contributed by atoms with Gasteiger partial charge in [0.15, 0.2) is 0 Å². The van der Waals surface area contributed by atoms with Crippen molar-refractivity contribution in [1.29, 1.82) is 0 Å². The highest BCUT2D eigenvalue weighted by Crippen LogP contribution is 2.20. The van der Waals surface area contributed by atoms with Crippen LogP contribution in [0.15, 0.2) is 47.1 Å². The van der Waals surface area contributed by atoms with E-state index in [0.29, 0.717) is 11.5 Å². The van der Waals surface area contributed by atoms with Gasteiger partial charge in [-0.2, -0.15) is 13.2 Å². The number of hydrogen-bond donors (Lipinski definition) is 0. The molecule has 2 rings (SSSR count). The number of hydrogen-bond acceptors (Lipinski definition) is 3. The fraction of sp³-hybridized carbons (Fsp3) is 0.353. The lowest BCUT2D eigenvalue weighted by molar-refractivity contribution is -0.161. The van der Waals surface area contributed by atoms with Crippen LogP contribution in [-0.2, 0) is 17.1 Å². The number of alkyl halides is 3. The molecule has 0 radical (unpaired) electrons. The zero-order valence-electron chi connectivity index (χ0n) is 13.2. The average Bonchev–Trinajstić information content (AvgIpc) is 3.00. The van der Waals surface area contributed by atoms with Crippen molar-refractivity contribution in [3.63, 3.8) is 0 Å². The van der Waals surface area contributed by atoms with Crippen LogP contribution in [0.25, 0.3) is 0 Å². The van der Waals surface area contributed by atoms with E-state index >= 15 is 0 Å². The van der Waals surface area contributed by atoms with Gasteiger partial charge in [0.25, 0.3) is 0 Å². The van der Waals surface area contributed by atoms with Crippen LogP contribution < -0.4 is 0 Å². The van der Waals surface area contributed by atoms with Crippen molar-refractivity contribution in [2.45, 2.75) is 25.4 Å². The number of carbonyl (C=O) groups excluding carboxylic acids is 1. The number of aryl methyl sites for hydroxylation is 1. The van der Waals surface area contributed by atoms with Crippen LogP contribution in [0, 0.1) is 6.92 Å². The van der Waals surface area contributed by atoms with E-state index in [2.05, 4.69) is 0 Å². The largest absolute Gasteiger partial charge is 0.467 e. The van der Waals surface area contributed by atoms with Crippen molar-refractivity contribution < 1.29 is 22.4 Å². The van der Waals surface area contributed by atoms with Gasteiger partial charge in [-0.05, 0) is 24.6 Å². The molecule has 2 aromatic rings. The minimum Gasteiger partial charge on any atom is -0.467 e. The second kappa shape index (κ2) is 8.28. The first kappa shape index (κ1) is 18.4. The average molecular weight is 357 g/mol. The van der Waals surface area contributed by atoms with E-state index in [1.165, 1.54) is 18.0 Å². The molecule has 0 saturated heterocycles. The van der Waals surface area contributed by atoms with E-state index in [4.69, 9.17) is 4.42 Å². The summed E-state index contributed by atoms with van der Waals surface area (Å²) in [5.41, 5.74) is 2.17. The summed E-state index contributed by atoms with van der Waals surface area (Å²) >= 11 is 1.30. The maximum absolute atomic E-state index is 12.7. The molecule has 0 bridgehead atoms. The summed E-state index contributed by atoms with van der Waals surface area (Å²) in [5, 5.41) is 0. The molecule has 0 fully saturated rings. The third kappa shape index (κ3) is 6.31. The van der Waals surface area contributed by atoms with Gasteiger partial charge < -0.3 is 9.32 Å². The number of rotatable bonds is 7. The Balaban J connectivity index is 1.90. The molecule has 0 aliphatic carbocycles. The molecule has 130 valence electrons. The number of thioether (sulfide) groups is 1. The summed E-state index contributed by atoms with van der Waals surface area (Å²) in [6, 6.07) is 11.0. The number of nitrogens with zero attached hydrogens (tertiary/aromatic N) is 1. The third-order valence-corrected chi connectivity index (χ3v) is 4.25. The Morgan fingerprint density at radius 3 is 2.50 bits per heavy atom. The second-order valence-corrected chi connectivity index (χ2v) is 6.41. The van der Waals surface area contributed by atoms with Gasteiger partial charge in [0, 0.05) is 5.75 Å². The standard InChI is InChI=1S/C17H18F3NO2S/c1-13-4-6-14(7-5-13)10-24-11-16(22)21(12-17(18,19)20)9-15-3-2-8-23-15/h2-8H,9-12H2,1H3. The van der Waals surface area contributed by atoms with E-state index in [1.54, 1.807) is 12.1 Å². The molecule has 0 aliphatic heterocycles. The zero-order valence-corrected chi connectivity index (χ0v) is 14.0. The van der Waals surface area contributed by atoms with E-state index < -0.39 is 18.6 Å². The number of halogens is 3. The molecule has 24 heavy (non-hydrogen) atoms. The summed E-state index contributed by atoms with van der Waals surface area (Å²) in [7, 11) is 0. The molecule has 1 aromatic heterocycles. The molecule has 0 saturated carbocycles. The number of carbonyl (C=O) groups is 1. The summed E-state index contributed by atoms with van der Waals surface area (Å²) in [5.74, 6) is 0.342. The Hall–Kier alpha value is -1.89. The molecule has 0 unspecified atom stereocenters. The molecule has 7 heteroatoms. The van der Waals surface area contributed by atoms with Crippen molar-refractivity contribution in [2.24, 2.45) is 0 Å². The van der Waals surface area contributed by atoms with Crippen molar-refractivity contribution in [3.05, 3.63) is 59.5 Å². The molecule has 0 spiro atoms. The van der Waals surface area contributed by atoms with Gasteiger partial charge in [-0.3, -0.25) is 4.79 Å². The smallest absolute Gasteiger partial charge is 0.406 e. The molecule has 1 heterocycles. The quantitative estimate of drug-likeness (QED) is 0.736. The minimum absolute atomic E-state index is 0.00926. The molecular formula is C17H18F3NO2S. The molecule has 0 atom stereocenters. The first-order chi connectivity index (χ1) is 11.3. The number of amides is 1. The fourth-order valence-corrected chi connectivity index (χ4v) is 2.96. The van der Waals surface area contributed by atoms with Crippen molar-refractivity contribution in [2.75, 3.05) is 12.3 Å². The molecule has 1 aromatic carbocycles. The molecule has 1 amide bonds. The van der Waals surface area contributed by atoms with Crippen LogP contribution in [0.1, 0.15) is 16.9 Å². The monoisotopic (exact) mass is 357 g/mol. The van der Waals surface area contributed by atoms with Crippen LogP contribution in [-0.4, -0.2) is 29.3 Å². The van der Waals surface area contributed by atoms with E-state index in [0.717, 1.165) is 16.0 Å². The SMILES string of the molecule is Cc1ccc(CSCC(=O)N(Cc2ccco2)CC(F)(F)F)cc1. The van der Waals surface area contributed by atoms with Crippen LogP contribution >= 0.6 is 11.8 Å². The Bertz CT molecular complexity index is 639. The van der Waals surface area contributed by atoms with Crippen LogP contribution in [0.4, 0.5) is 13.2 Å². The van der Waals surface area contributed by atoms with Gasteiger partial charge in [0.05, 0.1) is 18.6 Å². The maximum Gasteiger partial charge on any atom is 0.406 e. The number of furan rings is 1. The summed E-state index contributed by atoms with van der Waals surface area (Å²) in [6.07, 6.45) is -3.07. The predicted molar refractivity (Wildman–Crippen MR) is 87.5 cm³/mol. The molecule has 3 nitrogen and oxygen atoms in total. The highest BCUT2D eigenvalue weighted by Gasteiger charge is 2.33. The molecule has 0 N–H and O–H groups in total. The van der Waals surface area contributed by atoms with Gasteiger partial charge in [-0.1, -0.05) is 29.8 Å². The van der Waals surface area contributed by atoms with Crippen molar-refractivity contribution in [1.82, 2.24) is 4.90 Å². The lowest BCUT2D eigenvalue weighted by atomic mass is 10.2. The second-order valence-electron chi connectivity index (χ2n) is 5.42. The van der Waals surface area contributed by atoms with Crippen LogP contribution in [0.3, 0.4) is 0 Å². The lowest BCUT2D eigenvalue weighted by Gasteiger charge is -2.23. The summed E-state index contributed by atoms with van der Waals surface area (Å²) < 4.78 is 43.1. The molecular weight excluding hydrogens is 339 g/mol. The predicted octanol–water partition coefficient (Wildman–Crippen LogP) is 4.41. The normalized spacial score (nSPS) is 11.5. The Labute approximate surface area is 142 Å². The van der Waals surface area contributed by atoms with Crippen LogP contribution in [0.2, 0.25) is 0 Å². The first-order valence-corrected chi connectivity index (χ1v) is 8.49. The number of benzene rings is 1. The van der Waals surface area contributed by atoms with Gasteiger partial charge in [-0.15, -0.1) is 11.8 Å². The van der Waals surface area contributed by atoms with Crippen LogP contribution in [0.5, 0.6) is 0 Å². The Morgan fingerprint density at radius 2 is 1.92 bits per heavy atom. The Morgan fingerprint density at radius 1 is 1.21 bits per heavy atom. The highest BCUT2D eigenvalue weighted by atomic mass is 32.2. The highest BCUT2D eigenvalue weighted by molar-refractivity contribution is 7.99. The zero-order chi connectivity index (χ0) is 17.6. The maximum atomic E-state index is 12.7. The third-order valence-electron chi connectivity index (χ3n) is 3.26. The van der Waals surface area contributed by atoms with E-state index in [-0.39, 0.29) is 12.3 Å². The topological polar surface area (TPSA) is 33.5 Å². The van der Waals surface area contributed by atoms with Gasteiger partial charge in [0.1, 0.15) is 12.3 Å². The van der Waals surface area contributed by atoms with E-state index in [1.807, 2.05) is 31.2 Å². The lowest BCUT2D eigenvalue weighted by Crippen LogP contribution is -2.39. The molecule has 0 aliphatic rings.